The maximum Gasteiger partial charge on any atom is 0.320 e. The molecule has 7 nitrogen and oxygen atoms in total. The van der Waals surface area contributed by atoms with E-state index >= 15 is 0 Å². The lowest BCUT2D eigenvalue weighted by molar-refractivity contribution is -0.138. The Hall–Kier alpha value is -1.47. The number of carboxylic acids is 1. The molecular weight excluding hydrogens is 272 g/mol. The van der Waals surface area contributed by atoms with Crippen LogP contribution in [-0.2, 0) is 16.0 Å². The summed E-state index contributed by atoms with van der Waals surface area (Å²) in [5.41, 5.74) is 6.20. The summed E-state index contributed by atoms with van der Waals surface area (Å²) in [6.07, 6.45) is 8.69. The number of ether oxygens (including phenoxy) is 1. The third-order valence-corrected chi connectivity index (χ3v) is 4.66. The molecule has 0 aromatic carbocycles. The van der Waals surface area contributed by atoms with Gasteiger partial charge in [0.25, 0.3) is 0 Å². The summed E-state index contributed by atoms with van der Waals surface area (Å²) in [6, 6.07) is -0.634. The molecule has 0 amide bonds. The highest BCUT2D eigenvalue weighted by molar-refractivity contribution is 5.73. The van der Waals surface area contributed by atoms with Gasteiger partial charge in [-0.1, -0.05) is 18.1 Å². The largest absolute Gasteiger partial charge is 0.480 e. The van der Waals surface area contributed by atoms with Gasteiger partial charge in [0.05, 0.1) is 17.3 Å². The minimum atomic E-state index is -1.01. The van der Waals surface area contributed by atoms with Gasteiger partial charge in [0.15, 0.2) is 0 Å². The number of carboxylic acid groups (broad SMARTS) is 1. The van der Waals surface area contributed by atoms with Gasteiger partial charge in [0.1, 0.15) is 6.04 Å². The van der Waals surface area contributed by atoms with E-state index in [1.165, 1.54) is 12.8 Å². The van der Waals surface area contributed by atoms with E-state index in [2.05, 4.69) is 10.3 Å². The summed E-state index contributed by atoms with van der Waals surface area (Å²) >= 11 is 0. The van der Waals surface area contributed by atoms with Crippen LogP contribution < -0.4 is 5.73 Å². The zero-order valence-corrected chi connectivity index (χ0v) is 12.1. The number of hydrogen-bond donors (Lipinski definition) is 2. The van der Waals surface area contributed by atoms with E-state index in [9.17, 15) is 4.79 Å². The maximum absolute atomic E-state index is 10.8. The van der Waals surface area contributed by atoms with Gasteiger partial charge in [-0.3, -0.25) is 4.79 Å². The second-order valence-corrected chi connectivity index (χ2v) is 6.22. The lowest BCUT2D eigenvalue weighted by atomic mass is 9.89. The first-order valence-electron chi connectivity index (χ1n) is 7.61. The van der Waals surface area contributed by atoms with Crippen molar-refractivity contribution < 1.29 is 14.6 Å². The topological polar surface area (TPSA) is 103 Å². The molecule has 2 fully saturated rings. The highest BCUT2D eigenvalue weighted by Gasteiger charge is 2.40. The summed E-state index contributed by atoms with van der Waals surface area (Å²) in [6.45, 7) is 0.758. The maximum atomic E-state index is 10.8. The summed E-state index contributed by atoms with van der Waals surface area (Å²) in [7, 11) is 0. The third kappa shape index (κ3) is 3.08. The molecule has 3 N–H and O–H groups in total. The van der Waals surface area contributed by atoms with Gasteiger partial charge in [-0.15, -0.1) is 5.10 Å². The molecule has 2 atom stereocenters. The van der Waals surface area contributed by atoms with E-state index in [1.54, 1.807) is 0 Å². The number of aliphatic carboxylic acids is 1. The van der Waals surface area contributed by atoms with Crippen molar-refractivity contribution in [3.63, 3.8) is 0 Å². The predicted molar refractivity (Wildman–Crippen MR) is 74.8 cm³/mol. The molecule has 0 bridgehead atoms. The van der Waals surface area contributed by atoms with Gasteiger partial charge in [0.2, 0.25) is 0 Å². The monoisotopic (exact) mass is 294 g/mol. The third-order valence-electron chi connectivity index (χ3n) is 4.66. The first-order chi connectivity index (χ1) is 10.1. The molecule has 0 radical (unpaired) electrons. The quantitative estimate of drug-likeness (QED) is 0.855. The van der Waals surface area contributed by atoms with Gasteiger partial charge >= 0.3 is 5.97 Å². The number of nitrogens with two attached hydrogens (primary N) is 1. The molecule has 21 heavy (non-hydrogen) atoms. The molecule has 2 aliphatic rings. The number of rotatable bonds is 4. The van der Waals surface area contributed by atoms with Crippen LogP contribution in [0.25, 0.3) is 0 Å². The zero-order valence-electron chi connectivity index (χ0n) is 12.1. The van der Waals surface area contributed by atoms with Crippen molar-refractivity contribution in [1.29, 1.82) is 0 Å². The first-order valence-corrected chi connectivity index (χ1v) is 7.61. The van der Waals surface area contributed by atoms with Gasteiger partial charge in [-0.05, 0) is 25.7 Å². The first kappa shape index (κ1) is 14.5. The van der Waals surface area contributed by atoms with E-state index < -0.39 is 12.0 Å². The molecule has 1 spiro atoms. The van der Waals surface area contributed by atoms with E-state index in [4.69, 9.17) is 15.6 Å². The Bertz CT molecular complexity index is 510. The van der Waals surface area contributed by atoms with Crippen LogP contribution in [0, 0.1) is 0 Å². The van der Waals surface area contributed by atoms with Crippen molar-refractivity contribution in [1.82, 2.24) is 15.0 Å². The average Bonchev–Trinajstić information content (AvgIpc) is 3.09. The number of aromatic nitrogens is 3. The van der Waals surface area contributed by atoms with Crippen molar-refractivity contribution in [3.8, 4) is 0 Å². The molecule has 1 aliphatic heterocycles. The second kappa shape index (κ2) is 5.73. The van der Waals surface area contributed by atoms with Crippen LogP contribution >= 0.6 is 0 Å². The zero-order chi connectivity index (χ0) is 14.9. The lowest BCUT2D eigenvalue weighted by Crippen LogP contribution is -2.38. The predicted octanol–water partition coefficient (Wildman–Crippen LogP) is 0.897. The molecule has 1 aromatic heterocycles. The van der Waals surface area contributed by atoms with Gasteiger partial charge in [-0.25, -0.2) is 4.68 Å². The normalized spacial score (nSPS) is 26.0. The van der Waals surface area contributed by atoms with Crippen LogP contribution in [0.3, 0.4) is 0 Å². The Morgan fingerprint density at radius 1 is 1.57 bits per heavy atom. The Morgan fingerprint density at radius 2 is 2.33 bits per heavy atom. The second-order valence-electron chi connectivity index (χ2n) is 6.22. The standard InChI is InChI=1S/C14H22N4O3/c15-12(13(19)20)7-10-9-18(17-16-10)11-3-6-21-14(8-11)4-1-2-5-14/h9,11-12H,1-8,15H2,(H,19,20). The summed E-state index contributed by atoms with van der Waals surface area (Å²) in [5.74, 6) is -1.01. The van der Waals surface area contributed by atoms with Crippen molar-refractivity contribution >= 4 is 5.97 Å². The SMILES string of the molecule is NC(Cc1cn(C2CCOC3(CCCC3)C2)nn1)C(=O)O. The van der Waals surface area contributed by atoms with E-state index in [0.29, 0.717) is 11.7 Å². The van der Waals surface area contributed by atoms with Gasteiger partial charge in [0, 0.05) is 19.2 Å². The lowest BCUT2D eigenvalue weighted by Gasteiger charge is -2.38. The van der Waals surface area contributed by atoms with Gasteiger partial charge < -0.3 is 15.6 Å². The highest BCUT2D eigenvalue weighted by atomic mass is 16.5. The van der Waals surface area contributed by atoms with Crippen LogP contribution in [0.4, 0.5) is 0 Å². The number of carbonyl (C=O) groups is 1. The fraction of sp³-hybridized carbons (Fsp3) is 0.786. The molecule has 2 heterocycles. The van der Waals surface area contributed by atoms with Crippen molar-refractivity contribution in [3.05, 3.63) is 11.9 Å². The molecule has 7 heteroatoms. The number of nitrogens with zero attached hydrogens (tertiary/aromatic N) is 3. The molecule has 1 aromatic rings. The molecule has 116 valence electrons. The van der Waals surface area contributed by atoms with Crippen LogP contribution in [0.5, 0.6) is 0 Å². The fourth-order valence-corrected chi connectivity index (χ4v) is 3.49. The highest BCUT2D eigenvalue weighted by Crippen LogP contribution is 2.43. The van der Waals surface area contributed by atoms with E-state index in [0.717, 1.165) is 32.3 Å². The smallest absolute Gasteiger partial charge is 0.320 e. The molecule has 3 rings (SSSR count). The molecule has 2 unspecified atom stereocenters. The Labute approximate surface area is 123 Å². The van der Waals surface area contributed by atoms with Gasteiger partial charge in [-0.2, -0.15) is 0 Å². The average molecular weight is 294 g/mol. The van der Waals surface area contributed by atoms with Crippen molar-refractivity contribution in [2.24, 2.45) is 5.73 Å². The van der Waals surface area contributed by atoms with Crippen molar-refractivity contribution in [2.75, 3.05) is 6.61 Å². The Kier molecular flexibility index (Phi) is 3.95. The van der Waals surface area contributed by atoms with Crippen LogP contribution in [0.2, 0.25) is 0 Å². The summed E-state index contributed by atoms with van der Waals surface area (Å²) in [5, 5.41) is 17.1. The minimum absolute atomic E-state index is 0.0342. The van der Waals surface area contributed by atoms with E-state index in [-0.39, 0.29) is 12.0 Å². The molecular formula is C14H22N4O3. The van der Waals surface area contributed by atoms with Crippen LogP contribution in [-0.4, -0.2) is 44.3 Å². The fourth-order valence-electron chi connectivity index (χ4n) is 3.49. The van der Waals surface area contributed by atoms with Crippen LogP contribution in [0.1, 0.15) is 50.3 Å². The summed E-state index contributed by atoms with van der Waals surface area (Å²) < 4.78 is 7.89. The Morgan fingerprint density at radius 3 is 3.05 bits per heavy atom. The van der Waals surface area contributed by atoms with Crippen LogP contribution in [0.15, 0.2) is 6.20 Å². The number of hydrogen-bond acceptors (Lipinski definition) is 5. The Balaban J connectivity index is 1.66. The molecule has 1 saturated heterocycles. The van der Waals surface area contributed by atoms with Crippen molar-refractivity contribution in [2.45, 2.75) is 62.6 Å². The molecule has 1 aliphatic carbocycles. The van der Waals surface area contributed by atoms with E-state index in [1.807, 2.05) is 10.9 Å². The summed E-state index contributed by atoms with van der Waals surface area (Å²) in [4.78, 5) is 10.8. The minimum Gasteiger partial charge on any atom is -0.480 e. The molecule has 1 saturated carbocycles.